The monoisotopic (exact) mass is 440 g/mol. The average molecular weight is 441 g/mol. The molecule has 2 atom stereocenters. The van der Waals surface area contributed by atoms with Crippen LogP contribution in [-0.4, -0.2) is 51.2 Å². The summed E-state index contributed by atoms with van der Waals surface area (Å²) in [5.74, 6) is 1.18. The van der Waals surface area contributed by atoms with Crippen LogP contribution in [0.2, 0.25) is 0 Å². The van der Waals surface area contributed by atoms with Gasteiger partial charge in [-0.2, -0.15) is 0 Å². The van der Waals surface area contributed by atoms with Crippen molar-refractivity contribution < 1.29 is 14.7 Å². The van der Waals surface area contributed by atoms with E-state index in [1.807, 2.05) is 46.4 Å². The second kappa shape index (κ2) is 8.72. The van der Waals surface area contributed by atoms with Gasteiger partial charge in [0.2, 0.25) is 5.91 Å². The number of carbonyl (C=O) groups is 2. The zero-order valence-electron chi connectivity index (χ0n) is 19.7. The van der Waals surface area contributed by atoms with Crippen LogP contribution in [0.1, 0.15) is 59.6 Å². The maximum Gasteiger partial charge on any atom is 0.405 e. The van der Waals surface area contributed by atoms with Crippen LogP contribution < -0.4 is 15.1 Å². The van der Waals surface area contributed by atoms with Crippen molar-refractivity contribution in [3.63, 3.8) is 0 Å². The van der Waals surface area contributed by atoms with E-state index < -0.39 is 17.6 Å². The molecule has 1 aliphatic rings. The molecule has 0 aromatic carbocycles. The summed E-state index contributed by atoms with van der Waals surface area (Å²) in [5.41, 5.74) is 1.65. The molecule has 2 amide bonds. The molecule has 0 radical (unpaired) electrons. The summed E-state index contributed by atoms with van der Waals surface area (Å²) in [4.78, 5) is 41.8. The van der Waals surface area contributed by atoms with Gasteiger partial charge < -0.3 is 20.2 Å². The number of anilines is 2. The van der Waals surface area contributed by atoms with Gasteiger partial charge in [-0.15, -0.1) is 0 Å². The quantitative estimate of drug-likeness (QED) is 0.726. The van der Waals surface area contributed by atoms with Crippen LogP contribution in [-0.2, 0) is 4.79 Å². The van der Waals surface area contributed by atoms with Crippen molar-refractivity contribution in [2.24, 2.45) is 5.41 Å². The van der Waals surface area contributed by atoms with Gasteiger partial charge in [-0.05, 0) is 31.7 Å². The third-order valence-electron chi connectivity index (χ3n) is 5.79. The molecule has 0 spiro atoms. The predicted molar refractivity (Wildman–Crippen MR) is 124 cm³/mol. The number of likely N-dealkylation sites (N-methyl/N-ethyl adjacent to an activating group) is 1. The van der Waals surface area contributed by atoms with E-state index >= 15 is 0 Å². The second-order valence-electron chi connectivity index (χ2n) is 9.44. The molecule has 2 aromatic heterocycles. The highest BCUT2D eigenvalue weighted by Crippen LogP contribution is 2.40. The minimum Gasteiger partial charge on any atom is -0.465 e. The molecule has 3 rings (SSSR count). The number of carbonyl (C=O) groups excluding carboxylic acids is 1. The molecule has 172 valence electrons. The maximum absolute atomic E-state index is 12.9. The Morgan fingerprint density at radius 1 is 1.28 bits per heavy atom. The molecular formula is C23H32N6O3. The second-order valence-corrected chi connectivity index (χ2v) is 9.44. The summed E-state index contributed by atoms with van der Waals surface area (Å²) in [6, 6.07) is 1.04. The lowest BCUT2D eigenvalue weighted by Gasteiger charge is -2.42. The summed E-state index contributed by atoms with van der Waals surface area (Å²) < 4.78 is 0. The normalized spacial score (nSPS) is 17.4. The molecule has 3 heterocycles. The Balaban J connectivity index is 2.19. The van der Waals surface area contributed by atoms with Crippen molar-refractivity contribution >= 4 is 23.5 Å². The number of nitrogens with zero attached hydrogens (tertiary/aromatic N) is 5. The van der Waals surface area contributed by atoms with E-state index in [1.165, 1.54) is 0 Å². The van der Waals surface area contributed by atoms with Crippen molar-refractivity contribution in [2.75, 3.05) is 16.8 Å². The Morgan fingerprint density at radius 2 is 1.97 bits per heavy atom. The number of hydrogen-bond donors (Lipinski definition) is 2. The summed E-state index contributed by atoms with van der Waals surface area (Å²) in [5, 5.41) is 12.0. The summed E-state index contributed by atoms with van der Waals surface area (Å²) >= 11 is 0. The van der Waals surface area contributed by atoms with Gasteiger partial charge in [0.15, 0.2) is 11.6 Å². The fourth-order valence-corrected chi connectivity index (χ4v) is 4.23. The lowest BCUT2D eigenvalue weighted by Crippen LogP contribution is -2.54. The molecule has 0 saturated carbocycles. The first-order chi connectivity index (χ1) is 15.0. The predicted octanol–water partition coefficient (Wildman–Crippen LogP) is 3.86. The van der Waals surface area contributed by atoms with Crippen LogP contribution in [0.25, 0.3) is 11.4 Å². The van der Waals surface area contributed by atoms with E-state index in [9.17, 15) is 14.7 Å². The van der Waals surface area contributed by atoms with Gasteiger partial charge in [-0.3, -0.25) is 9.78 Å². The maximum atomic E-state index is 12.9. The highest BCUT2D eigenvalue weighted by Gasteiger charge is 2.38. The van der Waals surface area contributed by atoms with Gasteiger partial charge in [0, 0.05) is 36.6 Å². The van der Waals surface area contributed by atoms with Crippen LogP contribution in [0.15, 0.2) is 24.7 Å². The Hall–Kier alpha value is -3.23. The number of carboxylic acid groups (broad SMARTS) is 1. The highest BCUT2D eigenvalue weighted by atomic mass is 16.4. The fraction of sp³-hybridized carbons (Fsp3) is 0.522. The van der Waals surface area contributed by atoms with E-state index in [1.54, 1.807) is 36.6 Å². The minimum atomic E-state index is -1.11. The first kappa shape index (κ1) is 23.4. The Kier molecular flexibility index (Phi) is 6.39. The van der Waals surface area contributed by atoms with E-state index in [-0.39, 0.29) is 18.0 Å². The molecule has 2 N–H and O–H groups in total. The van der Waals surface area contributed by atoms with E-state index in [2.05, 4.69) is 15.3 Å². The van der Waals surface area contributed by atoms with Gasteiger partial charge in [0.1, 0.15) is 11.7 Å². The van der Waals surface area contributed by atoms with Crippen LogP contribution in [0, 0.1) is 5.41 Å². The van der Waals surface area contributed by atoms with E-state index in [0.29, 0.717) is 34.9 Å². The summed E-state index contributed by atoms with van der Waals surface area (Å²) in [6.45, 7) is 12.0. The van der Waals surface area contributed by atoms with Crippen molar-refractivity contribution in [1.82, 2.24) is 20.3 Å². The highest BCUT2D eigenvalue weighted by molar-refractivity contribution is 6.04. The van der Waals surface area contributed by atoms with E-state index in [0.717, 1.165) is 0 Å². The van der Waals surface area contributed by atoms with Gasteiger partial charge >= 0.3 is 6.09 Å². The zero-order chi connectivity index (χ0) is 23.8. The Morgan fingerprint density at radius 3 is 2.53 bits per heavy atom. The van der Waals surface area contributed by atoms with Gasteiger partial charge in [-0.1, -0.05) is 27.7 Å². The third-order valence-corrected chi connectivity index (χ3v) is 5.79. The van der Waals surface area contributed by atoms with Crippen LogP contribution in [0.5, 0.6) is 0 Å². The van der Waals surface area contributed by atoms with Crippen molar-refractivity contribution in [3.8, 4) is 11.4 Å². The topological polar surface area (TPSA) is 112 Å². The molecule has 0 bridgehead atoms. The lowest BCUT2D eigenvalue weighted by atomic mass is 9.81. The molecule has 2 unspecified atom stereocenters. The van der Waals surface area contributed by atoms with Crippen molar-refractivity contribution in [3.05, 3.63) is 30.2 Å². The molecule has 2 aromatic rings. The molecule has 0 aliphatic carbocycles. The first-order valence-electron chi connectivity index (χ1n) is 10.8. The molecule has 1 aliphatic heterocycles. The van der Waals surface area contributed by atoms with E-state index in [4.69, 9.17) is 4.98 Å². The summed E-state index contributed by atoms with van der Waals surface area (Å²) in [7, 11) is 1.74. The smallest absolute Gasteiger partial charge is 0.405 e. The zero-order valence-corrected chi connectivity index (χ0v) is 19.7. The molecule has 32 heavy (non-hydrogen) atoms. The van der Waals surface area contributed by atoms with Gasteiger partial charge in [0.25, 0.3) is 0 Å². The first-order valence-corrected chi connectivity index (χ1v) is 10.8. The Bertz CT molecular complexity index is 1020. The minimum absolute atomic E-state index is 0.0214. The standard InChI is InChI=1S/C23H32N6O3/c1-8-16-21(30)28(7)17-12-25-19(27-20(17)29(16)13(2)3)14-9-10-24-11-15(14)18(23(4,5)6)26-22(31)32/h9-13,16,18,26H,8H2,1-7H3,(H,31,32). The SMILES string of the molecule is CCC1C(=O)N(C)c2cnc(-c3ccncc3C(NC(=O)O)C(C)(C)C)nc2N1C(C)C. The Labute approximate surface area is 188 Å². The number of fused-ring (bicyclic) bond motifs is 1. The molecule has 9 nitrogen and oxygen atoms in total. The summed E-state index contributed by atoms with van der Waals surface area (Å²) in [6.07, 6.45) is 4.53. The number of rotatable bonds is 5. The van der Waals surface area contributed by atoms with Crippen LogP contribution >= 0.6 is 0 Å². The van der Waals surface area contributed by atoms with Gasteiger partial charge in [0.05, 0.1) is 12.2 Å². The molecule has 9 heteroatoms. The van der Waals surface area contributed by atoms with Crippen molar-refractivity contribution in [2.45, 2.75) is 66.1 Å². The number of pyridine rings is 1. The number of aromatic nitrogens is 3. The fourth-order valence-electron chi connectivity index (χ4n) is 4.23. The lowest BCUT2D eigenvalue weighted by molar-refractivity contribution is -0.120. The average Bonchev–Trinajstić information content (AvgIpc) is 2.72. The molecule has 0 fully saturated rings. The molecular weight excluding hydrogens is 408 g/mol. The van der Waals surface area contributed by atoms with Crippen LogP contribution in [0.3, 0.4) is 0 Å². The van der Waals surface area contributed by atoms with Gasteiger partial charge in [-0.25, -0.2) is 14.8 Å². The van der Waals surface area contributed by atoms with Crippen molar-refractivity contribution in [1.29, 1.82) is 0 Å². The third kappa shape index (κ3) is 4.24. The largest absolute Gasteiger partial charge is 0.465 e. The molecule has 0 saturated heterocycles. The number of hydrogen-bond acceptors (Lipinski definition) is 6. The van der Waals surface area contributed by atoms with Crippen LogP contribution in [0.4, 0.5) is 16.3 Å². The number of amides is 2. The number of nitrogens with one attached hydrogen (secondary N) is 1.